The van der Waals surface area contributed by atoms with Crippen molar-refractivity contribution in [3.8, 4) is 0 Å². The summed E-state index contributed by atoms with van der Waals surface area (Å²) in [6, 6.07) is 1.89. The van der Waals surface area contributed by atoms with Gasteiger partial charge in [0.25, 0.3) is 0 Å². The molecule has 0 N–H and O–H groups in total. The van der Waals surface area contributed by atoms with Crippen LogP contribution in [0.4, 0.5) is 0 Å². The molecule has 4 heterocycles. The van der Waals surface area contributed by atoms with Crippen molar-refractivity contribution in [1.82, 2.24) is 9.80 Å². The second kappa shape index (κ2) is 6.81. The molecule has 0 spiro atoms. The first kappa shape index (κ1) is 15.4. The normalized spacial score (nSPS) is 44.3. The summed E-state index contributed by atoms with van der Waals surface area (Å²) >= 11 is 0. The maximum Gasteiger partial charge on any atom is 0.0121 e. The van der Waals surface area contributed by atoms with Gasteiger partial charge in [-0.05, 0) is 88.6 Å². The lowest BCUT2D eigenvalue weighted by Gasteiger charge is -2.41. The summed E-state index contributed by atoms with van der Waals surface area (Å²) in [5.41, 5.74) is 0. The van der Waals surface area contributed by atoms with Crippen LogP contribution in [0.25, 0.3) is 0 Å². The van der Waals surface area contributed by atoms with Crippen molar-refractivity contribution < 1.29 is 0 Å². The summed E-state index contributed by atoms with van der Waals surface area (Å²) < 4.78 is 0. The summed E-state index contributed by atoms with van der Waals surface area (Å²) in [7, 11) is 0. The molecule has 0 radical (unpaired) electrons. The lowest BCUT2D eigenvalue weighted by Crippen LogP contribution is -2.45. The van der Waals surface area contributed by atoms with E-state index in [1.54, 1.807) is 0 Å². The number of nitrogens with zero attached hydrogens (tertiary/aromatic N) is 2. The molecule has 4 aliphatic heterocycles. The van der Waals surface area contributed by atoms with Crippen LogP contribution in [-0.4, -0.2) is 48.1 Å². The minimum atomic E-state index is 0.924. The van der Waals surface area contributed by atoms with E-state index in [-0.39, 0.29) is 0 Å². The molecule has 2 nitrogen and oxygen atoms in total. The summed E-state index contributed by atoms with van der Waals surface area (Å²) in [5.74, 6) is 2.96. The highest BCUT2D eigenvalue weighted by Gasteiger charge is 2.35. The van der Waals surface area contributed by atoms with E-state index in [1.165, 1.54) is 90.4 Å². The molecule has 0 aromatic heterocycles. The summed E-state index contributed by atoms with van der Waals surface area (Å²) in [6.07, 6.45) is 14.9. The Bertz CT molecular complexity index is 369. The largest absolute Gasteiger partial charge is 0.300 e. The maximum atomic E-state index is 2.90. The van der Waals surface area contributed by atoms with Crippen LogP contribution >= 0.6 is 0 Å². The minimum absolute atomic E-state index is 0.924. The van der Waals surface area contributed by atoms with Crippen LogP contribution in [0, 0.1) is 17.8 Å². The van der Waals surface area contributed by atoms with Crippen molar-refractivity contribution >= 4 is 0 Å². The van der Waals surface area contributed by atoms with Crippen LogP contribution in [-0.2, 0) is 0 Å². The molecule has 0 aromatic carbocycles. The van der Waals surface area contributed by atoms with Gasteiger partial charge in [-0.2, -0.15) is 0 Å². The quantitative estimate of drug-likeness (QED) is 0.756. The molecule has 4 rings (SSSR count). The highest BCUT2D eigenvalue weighted by atomic mass is 15.2. The van der Waals surface area contributed by atoms with E-state index in [2.05, 4.69) is 16.7 Å². The second-order valence-electron chi connectivity index (χ2n) is 8.95. The van der Waals surface area contributed by atoms with E-state index in [0.717, 1.165) is 29.8 Å². The van der Waals surface area contributed by atoms with Gasteiger partial charge in [-0.1, -0.05) is 13.3 Å². The Morgan fingerprint density at radius 1 is 0.727 bits per heavy atom. The Labute approximate surface area is 137 Å². The number of hydrogen-bond acceptors (Lipinski definition) is 2. The molecule has 0 saturated carbocycles. The number of rotatable bonds is 2. The Balaban J connectivity index is 1.33. The zero-order valence-electron chi connectivity index (χ0n) is 14.7. The van der Waals surface area contributed by atoms with E-state index in [9.17, 15) is 0 Å². The Morgan fingerprint density at radius 2 is 1.50 bits per heavy atom. The maximum absolute atomic E-state index is 2.90. The Morgan fingerprint density at radius 3 is 2.45 bits per heavy atom. The molecule has 0 aliphatic carbocycles. The molecule has 126 valence electrons. The molecule has 0 amide bonds. The van der Waals surface area contributed by atoms with E-state index in [1.807, 2.05) is 0 Å². The van der Waals surface area contributed by atoms with Gasteiger partial charge in [0.2, 0.25) is 0 Å². The van der Waals surface area contributed by atoms with Gasteiger partial charge >= 0.3 is 0 Å². The fourth-order valence-electron chi connectivity index (χ4n) is 6.24. The average molecular weight is 305 g/mol. The molecule has 4 aliphatic rings. The van der Waals surface area contributed by atoms with Gasteiger partial charge < -0.3 is 4.90 Å². The zero-order valence-corrected chi connectivity index (χ0v) is 14.7. The lowest BCUT2D eigenvalue weighted by molar-refractivity contribution is 0.0805. The first-order valence-electron chi connectivity index (χ1n) is 10.3. The molecule has 4 fully saturated rings. The highest BCUT2D eigenvalue weighted by Crippen LogP contribution is 2.37. The number of piperidine rings is 2. The van der Waals surface area contributed by atoms with E-state index in [0.29, 0.717) is 0 Å². The number of hydrogen-bond donors (Lipinski definition) is 0. The molecule has 2 heteroatoms. The third-order valence-corrected chi connectivity index (χ3v) is 7.40. The molecule has 0 bridgehead atoms. The summed E-state index contributed by atoms with van der Waals surface area (Å²) in [5, 5.41) is 0. The number of fused-ring (bicyclic) bond motifs is 2. The zero-order chi connectivity index (χ0) is 14.9. The van der Waals surface area contributed by atoms with Crippen molar-refractivity contribution in [2.24, 2.45) is 17.8 Å². The topological polar surface area (TPSA) is 6.48 Å². The SMILES string of the molecule is CC1CCCN2CC(CC3CCC4CCCN4C3)CCCC12. The average Bonchev–Trinajstić information content (AvgIpc) is 2.87. The molecule has 22 heavy (non-hydrogen) atoms. The lowest BCUT2D eigenvalue weighted by atomic mass is 9.84. The van der Waals surface area contributed by atoms with Crippen LogP contribution in [0.5, 0.6) is 0 Å². The molecule has 0 aromatic rings. The third kappa shape index (κ3) is 3.24. The summed E-state index contributed by atoms with van der Waals surface area (Å²) in [6.45, 7) is 8.16. The van der Waals surface area contributed by atoms with Crippen molar-refractivity contribution in [2.45, 2.75) is 83.2 Å². The van der Waals surface area contributed by atoms with Crippen LogP contribution in [0.3, 0.4) is 0 Å². The van der Waals surface area contributed by atoms with Crippen LogP contribution in [0.1, 0.15) is 71.1 Å². The van der Waals surface area contributed by atoms with E-state index < -0.39 is 0 Å². The summed E-state index contributed by atoms with van der Waals surface area (Å²) in [4.78, 5) is 5.73. The first-order valence-corrected chi connectivity index (χ1v) is 10.3. The second-order valence-corrected chi connectivity index (χ2v) is 8.95. The van der Waals surface area contributed by atoms with Gasteiger partial charge in [0.15, 0.2) is 0 Å². The van der Waals surface area contributed by atoms with Gasteiger partial charge in [0, 0.05) is 25.2 Å². The Kier molecular flexibility index (Phi) is 4.78. The molecule has 5 unspecified atom stereocenters. The predicted octanol–water partition coefficient (Wildman–Crippen LogP) is 4.15. The van der Waals surface area contributed by atoms with Crippen LogP contribution in [0.2, 0.25) is 0 Å². The third-order valence-electron chi connectivity index (χ3n) is 7.40. The fourth-order valence-corrected chi connectivity index (χ4v) is 6.24. The van der Waals surface area contributed by atoms with Crippen molar-refractivity contribution in [3.63, 3.8) is 0 Å². The van der Waals surface area contributed by atoms with Gasteiger partial charge in [-0.25, -0.2) is 0 Å². The Hall–Kier alpha value is -0.0800. The monoisotopic (exact) mass is 304 g/mol. The molecule has 4 saturated heterocycles. The van der Waals surface area contributed by atoms with Gasteiger partial charge in [-0.15, -0.1) is 0 Å². The molecular weight excluding hydrogens is 268 g/mol. The highest BCUT2D eigenvalue weighted by molar-refractivity contribution is 4.90. The van der Waals surface area contributed by atoms with Gasteiger partial charge in [-0.3, -0.25) is 4.90 Å². The smallest absolute Gasteiger partial charge is 0.0121 e. The van der Waals surface area contributed by atoms with Crippen molar-refractivity contribution in [3.05, 3.63) is 0 Å². The van der Waals surface area contributed by atoms with Crippen molar-refractivity contribution in [2.75, 3.05) is 26.2 Å². The van der Waals surface area contributed by atoms with E-state index >= 15 is 0 Å². The molecular formula is C20H36N2. The first-order chi connectivity index (χ1) is 10.8. The molecule has 5 atom stereocenters. The van der Waals surface area contributed by atoms with Crippen LogP contribution < -0.4 is 0 Å². The van der Waals surface area contributed by atoms with Gasteiger partial charge in [0.05, 0.1) is 0 Å². The minimum Gasteiger partial charge on any atom is -0.300 e. The van der Waals surface area contributed by atoms with Crippen molar-refractivity contribution in [1.29, 1.82) is 0 Å². The van der Waals surface area contributed by atoms with E-state index in [4.69, 9.17) is 0 Å². The fraction of sp³-hybridized carbons (Fsp3) is 1.00. The van der Waals surface area contributed by atoms with Gasteiger partial charge in [0.1, 0.15) is 0 Å². The van der Waals surface area contributed by atoms with Crippen LogP contribution in [0.15, 0.2) is 0 Å². The standard InChI is InChI=1S/C20H36N2/c1-16-5-3-12-22-15-17(6-2-8-20(16)22)13-18-9-10-19-7-4-11-21(19)14-18/h16-20H,2-15H2,1H3. The predicted molar refractivity (Wildman–Crippen MR) is 93.0 cm³/mol.